The van der Waals surface area contributed by atoms with E-state index in [9.17, 15) is 19.8 Å². The average Bonchev–Trinajstić information content (AvgIpc) is 3.41. The van der Waals surface area contributed by atoms with Crippen molar-refractivity contribution in [2.45, 2.75) is 392 Å². The lowest BCUT2D eigenvalue weighted by Gasteiger charge is -2.20. The predicted molar refractivity (Wildman–Crippen MR) is 329 cm³/mol. The van der Waals surface area contributed by atoms with Crippen LogP contribution in [0.15, 0.2) is 24.3 Å². The Morgan fingerprint density at radius 2 is 0.627 bits per heavy atom. The molecule has 0 saturated heterocycles. The zero-order chi connectivity index (χ0) is 54.3. The number of hydrogen-bond donors (Lipinski definition) is 3. The first-order valence-corrected chi connectivity index (χ1v) is 34.1. The van der Waals surface area contributed by atoms with E-state index in [1.54, 1.807) is 6.08 Å². The molecule has 0 radical (unpaired) electrons. The van der Waals surface area contributed by atoms with Crippen molar-refractivity contribution >= 4 is 11.9 Å². The molecule has 6 nitrogen and oxygen atoms in total. The highest BCUT2D eigenvalue weighted by atomic mass is 16.5. The van der Waals surface area contributed by atoms with Gasteiger partial charge in [0, 0.05) is 12.8 Å². The number of ether oxygens (including phenoxy) is 1. The molecule has 2 unspecified atom stereocenters. The third-order valence-electron chi connectivity index (χ3n) is 16.0. The second-order valence-corrected chi connectivity index (χ2v) is 23.5. The Morgan fingerprint density at radius 3 is 0.947 bits per heavy atom. The zero-order valence-electron chi connectivity index (χ0n) is 50.8. The van der Waals surface area contributed by atoms with Crippen LogP contribution in [0.5, 0.6) is 0 Å². The Balaban J connectivity index is 3.35. The van der Waals surface area contributed by atoms with Crippen molar-refractivity contribution in [1.82, 2.24) is 5.32 Å². The summed E-state index contributed by atoms with van der Waals surface area (Å²) in [6.07, 6.45) is 81.1. The number of allylic oxidation sites excluding steroid dienone is 3. The van der Waals surface area contributed by atoms with Crippen LogP contribution in [0, 0.1) is 0 Å². The fourth-order valence-electron chi connectivity index (χ4n) is 10.7. The number of aliphatic hydroxyl groups is 2. The van der Waals surface area contributed by atoms with Crippen molar-refractivity contribution in [1.29, 1.82) is 0 Å². The minimum absolute atomic E-state index is 0.0206. The number of esters is 1. The van der Waals surface area contributed by atoms with Crippen LogP contribution in [0.25, 0.3) is 0 Å². The van der Waals surface area contributed by atoms with E-state index in [2.05, 4.69) is 31.3 Å². The molecule has 0 spiro atoms. The van der Waals surface area contributed by atoms with E-state index in [1.807, 2.05) is 6.08 Å². The number of carbonyl (C=O) groups is 2. The van der Waals surface area contributed by atoms with Crippen LogP contribution in [-0.4, -0.2) is 47.4 Å². The Hall–Kier alpha value is -1.66. The van der Waals surface area contributed by atoms with Gasteiger partial charge in [-0.15, -0.1) is 0 Å². The lowest BCUT2D eigenvalue weighted by molar-refractivity contribution is -0.143. The lowest BCUT2D eigenvalue weighted by Crippen LogP contribution is -2.45. The molecule has 0 bridgehead atoms. The molecule has 0 aromatic heterocycles. The van der Waals surface area contributed by atoms with Gasteiger partial charge in [-0.25, -0.2) is 0 Å². The molecule has 75 heavy (non-hydrogen) atoms. The first-order valence-electron chi connectivity index (χ1n) is 34.1. The summed E-state index contributed by atoms with van der Waals surface area (Å²) in [5.74, 6) is -0.0457. The van der Waals surface area contributed by atoms with Crippen LogP contribution in [-0.2, 0) is 14.3 Å². The van der Waals surface area contributed by atoms with Crippen molar-refractivity contribution < 1.29 is 24.5 Å². The minimum Gasteiger partial charge on any atom is -0.466 e. The quantitative estimate of drug-likeness (QED) is 0.0320. The largest absolute Gasteiger partial charge is 0.466 e. The van der Waals surface area contributed by atoms with Gasteiger partial charge in [-0.2, -0.15) is 0 Å². The minimum atomic E-state index is -0.842. The molecule has 0 heterocycles. The number of hydrogen-bond acceptors (Lipinski definition) is 5. The number of nitrogens with one attached hydrogen (secondary N) is 1. The van der Waals surface area contributed by atoms with Crippen LogP contribution < -0.4 is 5.32 Å². The molecule has 0 aliphatic heterocycles. The summed E-state index contributed by atoms with van der Waals surface area (Å²) in [6.45, 7) is 4.93. The van der Waals surface area contributed by atoms with Crippen LogP contribution in [0.3, 0.4) is 0 Å². The Bertz CT molecular complexity index is 1170. The average molecular weight is 1060 g/mol. The van der Waals surface area contributed by atoms with Gasteiger partial charge in [-0.05, 0) is 57.8 Å². The molecular formula is C69H133NO5. The highest BCUT2D eigenvalue weighted by molar-refractivity contribution is 5.76. The van der Waals surface area contributed by atoms with Gasteiger partial charge in [-0.1, -0.05) is 334 Å². The first-order chi connectivity index (χ1) is 37.0. The van der Waals surface area contributed by atoms with Gasteiger partial charge in [0.05, 0.1) is 25.4 Å². The maximum atomic E-state index is 12.4. The third kappa shape index (κ3) is 61.4. The summed E-state index contributed by atoms with van der Waals surface area (Å²) in [4.78, 5) is 24.5. The monoisotopic (exact) mass is 1060 g/mol. The van der Waals surface area contributed by atoms with Crippen LogP contribution in [0.2, 0.25) is 0 Å². The summed E-state index contributed by atoms with van der Waals surface area (Å²) in [5.41, 5.74) is 0. The molecule has 3 N–H and O–H groups in total. The van der Waals surface area contributed by atoms with Crippen molar-refractivity contribution in [2.75, 3.05) is 13.2 Å². The predicted octanol–water partition coefficient (Wildman–Crippen LogP) is 21.8. The molecular weight excluding hydrogens is 923 g/mol. The van der Waals surface area contributed by atoms with E-state index in [-0.39, 0.29) is 18.5 Å². The number of aliphatic hydroxyl groups excluding tert-OH is 2. The molecule has 444 valence electrons. The molecule has 1 amide bonds. The number of rotatable bonds is 64. The molecule has 0 fully saturated rings. The van der Waals surface area contributed by atoms with Crippen LogP contribution in [0.1, 0.15) is 380 Å². The fourth-order valence-corrected chi connectivity index (χ4v) is 10.7. The van der Waals surface area contributed by atoms with Gasteiger partial charge < -0.3 is 20.3 Å². The zero-order valence-corrected chi connectivity index (χ0v) is 50.8. The smallest absolute Gasteiger partial charge is 0.305 e. The van der Waals surface area contributed by atoms with Gasteiger partial charge in [0.1, 0.15) is 0 Å². The van der Waals surface area contributed by atoms with Gasteiger partial charge in [-0.3, -0.25) is 9.59 Å². The summed E-state index contributed by atoms with van der Waals surface area (Å²) in [6, 6.07) is -0.626. The Labute approximate surface area is 469 Å². The van der Waals surface area contributed by atoms with E-state index in [0.29, 0.717) is 19.4 Å². The molecule has 0 aliphatic rings. The van der Waals surface area contributed by atoms with E-state index in [0.717, 1.165) is 38.5 Å². The number of carbonyl (C=O) groups excluding carboxylic acids is 2. The normalized spacial score (nSPS) is 12.6. The maximum absolute atomic E-state index is 12.4. The molecule has 0 aromatic rings. The van der Waals surface area contributed by atoms with Gasteiger partial charge in [0.25, 0.3) is 0 Å². The van der Waals surface area contributed by atoms with Crippen molar-refractivity contribution in [3.63, 3.8) is 0 Å². The molecule has 6 heteroatoms. The maximum Gasteiger partial charge on any atom is 0.305 e. The van der Waals surface area contributed by atoms with Gasteiger partial charge in [0.15, 0.2) is 0 Å². The molecule has 0 aliphatic carbocycles. The summed E-state index contributed by atoms with van der Waals surface area (Å²) in [7, 11) is 0. The molecule has 2 atom stereocenters. The number of amides is 1. The van der Waals surface area contributed by atoms with E-state index in [4.69, 9.17) is 4.74 Å². The molecule has 0 rings (SSSR count). The topological polar surface area (TPSA) is 95.9 Å². The third-order valence-corrected chi connectivity index (χ3v) is 16.0. The van der Waals surface area contributed by atoms with Crippen molar-refractivity contribution in [3.05, 3.63) is 24.3 Å². The molecule has 0 saturated carbocycles. The highest BCUT2D eigenvalue weighted by Crippen LogP contribution is 2.18. The van der Waals surface area contributed by atoms with E-state index >= 15 is 0 Å². The van der Waals surface area contributed by atoms with Gasteiger partial charge in [0.2, 0.25) is 5.91 Å². The second-order valence-electron chi connectivity index (χ2n) is 23.5. The van der Waals surface area contributed by atoms with Crippen LogP contribution in [0.4, 0.5) is 0 Å². The SMILES string of the molecule is CCCCCCCCCCCC/C=C/C(O)C(CO)NC(=O)CCCCCCCCCCCCCCC/C=C\CCCCCCCCCCCCCCOC(=O)CCCCCCCCCCCCCCCCCCC. The standard InChI is InChI=1S/C69H133NO5/c1-3-5-7-9-11-13-15-17-18-32-36-39-43-47-51-55-59-63-69(74)75-64-60-56-52-48-44-40-37-34-31-29-27-25-23-21-19-20-22-24-26-28-30-33-35-38-42-46-50-54-58-62-68(73)70-66(65-71)67(72)61-57-53-49-45-41-16-14-12-10-8-6-4-2/h19,21,57,61,66-67,71-72H,3-18,20,22-56,58-60,62-65H2,1-2H3,(H,70,73)/b21-19-,61-57+. The van der Waals surface area contributed by atoms with Crippen molar-refractivity contribution in [2.24, 2.45) is 0 Å². The fraction of sp³-hybridized carbons (Fsp3) is 0.913. The number of unbranched alkanes of at least 4 members (excludes halogenated alkanes) is 51. The van der Waals surface area contributed by atoms with Crippen LogP contribution >= 0.6 is 0 Å². The Morgan fingerprint density at radius 1 is 0.360 bits per heavy atom. The summed E-state index contributed by atoms with van der Waals surface area (Å²) >= 11 is 0. The summed E-state index contributed by atoms with van der Waals surface area (Å²) < 4.78 is 5.50. The first kappa shape index (κ1) is 73.3. The van der Waals surface area contributed by atoms with E-state index in [1.165, 1.54) is 315 Å². The molecule has 0 aromatic carbocycles. The van der Waals surface area contributed by atoms with Crippen molar-refractivity contribution in [3.8, 4) is 0 Å². The van der Waals surface area contributed by atoms with E-state index < -0.39 is 12.1 Å². The summed E-state index contributed by atoms with van der Waals surface area (Å²) in [5, 5.41) is 23.1. The lowest BCUT2D eigenvalue weighted by atomic mass is 10.0. The Kier molecular flexibility index (Phi) is 63.4. The highest BCUT2D eigenvalue weighted by Gasteiger charge is 2.18. The van der Waals surface area contributed by atoms with Gasteiger partial charge >= 0.3 is 5.97 Å². The second kappa shape index (κ2) is 64.9.